The van der Waals surface area contributed by atoms with E-state index in [9.17, 15) is 9.59 Å². The number of ether oxygens (including phenoxy) is 2. The highest BCUT2D eigenvalue weighted by Crippen LogP contribution is 2.17. The zero-order valence-electron chi connectivity index (χ0n) is 13.7. The van der Waals surface area contributed by atoms with E-state index in [1.807, 2.05) is 30.3 Å². The molecule has 126 valence electrons. The number of nitrogens with one attached hydrogen (secondary N) is 1. The zero-order valence-corrected chi connectivity index (χ0v) is 13.7. The van der Waals surface area contributed by atoms with E-state index in [2.05, 4.69) is 10.3 Å². The lowest BCUT2D eigenvalue weighted by atomic mass is 10.2. The molecule has 6 nitrogen and oxygen atoms in total. The van der Waals surface area contributed by atoms with Crippen LogP contribution in [0.2, 0.25) is 0 Å². The summed E-state index contributed by atoms with van der Waals surface area (Å²) in [4.78, 5) is 27.7. The average Bonchev–Trinajstić information content (AvgIpc) is 2.58. The number of amides is 1. The molecule has 1 heterocycles. The zero-order chi connectivity index (χ0) is 17.4. The number of carbonyl (C=O) groups excluding carboxylic acids is 2. The molecule has 2 rings (SSSR count). The van der Waals surface area contributed by atoms with Gasteiger partial charge < -0.3 is 14.8 Å². The summed E-state index contributed by atoms with van der Waals surface area (Å²) in [5.74, 6) is -0.628. The van der Waals surface area contributed by atoms with Crippen LogP contribution in [0.5, 0.6) is 5.75 Å². The Bertz CT molecular complexity index is 686. The van der Waals surface area contributed by atoms with Crippen molar-refractivity contribution in [1.29, 1.82) is 0 Å². The summed E-state index contributed by atoms with van der Waals surface area (Å²) in [6.45, 7) is 3.59. The first-order valence-electron chi connectivity index (χ1n) is 7.65. The first kappa shape index (κ1) is 17.5. The van der Waals surface area contributed by atoms with Crippen LogP contribution in [0.15, 0.2) is 48.7 Å². The topological polar surface area (TPSA) is 77.5 Å². The van der Waals surface area contributed by atoms with E-state index < -0.39 is 11.9 Å². The molecule has 0 bridgehead atoms. The number of pyridine rings is 1. The standard InChI is InChI=1S/C18H20N2O4/c1-13(2)24-16(21)11-20-18(22)17-15(9-6-10-19-17)23-12-14-7-4-3-5-8-14/h3-10,13H,11-12H2,1-2H3,(H,20,22). The lowest BCUT2D eigenvalue weighted by molar-refractivity contribution is -0.146. The minimum Gasteiger partial charge on any atom is -0.486 e. The molecule has 2 aromatic rings. The van der Waals surface area contributed by atoms with Gasteiger partial charge in [0.2, 0.25) is 0 Å². The third-order valence-electron chi connectivity index (χ3n) is 2.98. The number of rotatable bonds is 7. The molecule has 1 N–H and O–H groups in total. The van der Waals surface area contributed by atoms with Crippen LogP contribution in [0.3, 0.4) is 0 Å². The van der Waals surface area contributed by atoms with Crippen LogP contribution in [0.4, 0.5) is 0 Å². The number of hydrogen-bond donors (Lipinski definition) is 1. The molecule has 1 aromatic heterocycles. The van der Waals surface area contributed by atoms with Crippen LogP contribution in [0.25, 0.3) is 0 Å². The number of benzene rings is 1. The Hall–Kier alpha value is -2.89. The Kier molecular flexibility index (Phi) is 6.31. The summed E-state index contributed by atoms with van der Waals surface area (Å²) < 4.78 is 10.6. The van der Waals surface area contributed by atoms with Gasteiger partial charge in [-0.05, 0) is 31.5 Å². The molecular weight excluding hydrogens is 308 g/mol. The normalized spacial score (nSPS) is 10.3. The fourth-order valence-electron chi connectivity index (χ4n) is 1.95. The second-order valence-electron chi connectivity index (χ2n) is 5.35. The average molecular weight is 328 g/mol. The largest absolute Gasteiger partial charge is 0.486 e. The van der Waals surface area contributed by atoms with Gasteiger partial charge in [0.1, 0.15) is 13.2 Å². The maximum absolute atomic E-state index is 12.2. The Morgan fingerprint density at radius 3 is 2.58 bits per heavy atom. The number of aromatic nitrogens is 1. The smallest absolute Gasteiger partial charge is 0.325 e. The molecule has 0 saturated carbocycles. The maximum Gasteiger partial charge on any atom is 0.325 e. The minimum atomic E-state index is -0.499. The third-order valence-corrected chi connectivity index (χ3v) is 2.98. The van der Waals surface area contributed by atoms with Gasteiger partial charge in [0.05, 0.1) is 6.10 Å². The van der Waals surface area contributed by atoms with Crippen molar-refractivity contribution in [2.24, 2.45) is 0 Å². The van der Waals surface area contributed by atoms with Crippen molar-refractivity contribution in [3.8, 4) is 5.75 Å². The van der Waals surface area contributed by atoms with E-state index in [1.54, 1.807) is 26.0 Å². The lowest BCUT2D eigenvalue weighted by Crippen LogP contribution is -2.32. The molecular formula is C18H20N2O4. The van der Waals surface area contributed by atoms with Crippen LogP contribution in [-0.4, -0.2) is 29.5 Å². The van der Waals surface area contributed by atoms with Crippen molar-refractivity contribution in [3.05, 3.63) is 59.9 Å². The second kappa shape index (κ2) is 8.67. The van der Waals surface area contributed by atoms with E-state index in [-0.39, 0.29) is 18.3 Å². The van der Waals surface area contributed by atoms with Crippen molar-refractivity contribution < 1.29 is 19.1 Å². The van der Waals surface area contributed by atoms with Crippen LogP contribution >= 0.6 is 0 Å². The molecule has 0 spiro atoms. The van der Waals surface area contributed by atoms with Gasteiger partial charge in [-0.2, -0.15) is 0 Å². The molecule has 0 aliphatic carbocycles. The molecule has 0 saturated heterocycles. The van der Waals surface area contributed by atoms with Gasteiger partial charge in [-0.1, -0.05) is 30.3 Å². The van der Waals surface area contributed by atoms with Gasteiger partial charge in [0, 0.05) is 6.20 Å². The van der Waals surface area contributed by atoms with Gasteiger partial charge in [-0.25, -0.2) is 4.98 Å². The number of hydrogen-bond acceptors (Lipinski definition) is 5. The summed E-state index contributed by atoms with van der Waals surface area (Å²) in [6, 6.07) is 13.0. The van der Waals surface area contributed by atoms with Crippen LogP contribution in [0.1, 0.15) is 29.9 Å². The molecule has 1 aromatic carbocycles. The van der Waals surface area contributed by atoms with Crippen molar-refractivity contribution in [1.82, 2.24) is 10.3 Å². The summed E-state index contributed by atoms with van der Waals surface area (Å²) in [6.07, 6.45) is 1.27. The van der Waals surface area contributed by atoms with Crippen molar-refractivity contribution in [2.45, 2.75) is 26.6 Å². The molecule has 1 amide bonds. The summed E-state index contributed by atoms with van der Waals surface area (Å²) in [5.41, 5.74) is 1.11. The monoisotopic (exact) mass is 328 g/mol. The quantitative estimate of drug-likeness (QED) is 0.789. The van der Waals surface area contributed by atoms with E-state index in [0.29, 0.717) is 12.4 Å². The molecule has 0 fully saturated rings. The van der Waals surface area contributed by atoms with Crippen molar-refractivity contribution in [2.75, 3.05) is 6.54 Å². The summed E-state index contributed by atoms with van der Waals surface area (Å²) in [5, 5.41) is 2.49. The number of nitrogens with zero attached hydrogens (tertiary/aromatic N) is 1. The summed E-state index contributed by atoms with van der Waals surface area (Å²) in [7, 11) is 0. The highest BCUT2D eigenvalue weighted by Gasteiger charge is 2.16. The SMILES string of the molecule is CC(C)OC(=O)CNC(=O)c1ncccc1OCc1ccccc1. The van der Waals surface area contributed by atoms with Crippen LogP contribution < -0.4 is 10.1 Å². The minimum absolute atomic E-state index is 0.130. The third kappa shape index (κ3) is 5.39. The Labute approximate surface area is 140 Å². The van der Waals surface area contributed by atoms with E-state index in [4.69, 9.17) is 9.47 Å². The Balaban J connectivity index is 1.97. The lowest BCUT2D eigenvalue weighted by Gasteiger charge is -2.11. The van der Waals surface area contributed by atoms with Gasteiger partial charge in [0.25, 0.3) is 5.91 Å². The van der Waals surface area contributed by atoms with Crippen molar-refractivity contribution >= 4 is 11.9 Å². The molecule has 0 aliphatic rings. The fraction of sp³-hybridized carbons (Fsp3) is 0.278. The van der Waals surface area contributed by atoms with Crippen molar-refractivity contribution in [3.63, 3.8) is 0 Å². The second-order valence-corrected chi connectivity index (χ2v) is 5.35. The Morgan fingerprint density at radius 1 is 1.12 bits per heavy atom. The summed E-state index contributed by atoms with van der Waals surface area (Å²) >= 11 is 0. The molecule has 0 unspecified atom stereocenters. The molecule has 24 heavy (non-hydrogen) atoms. The molecule has 0 radical (unpaired) electrons. The first-order valence-corrected chi connectivity index (χ1v) is 7.65. The highest BCUT2D eigenvalue weighted by molar-refractivity contribution is 5.96. The predicted molar refractivity (Wildman–Crippen MR) is 88.6 cm³/mol. The van der Waals surface area contributed by atoms with Crippen LogP contribution in [0, 0.1) is 0 Å². The Morgan fingerprint density at radius 2 is 1.88 bits per heavy atom. The number of esters is 1. The van der Waals surface area contributed by atoms with Gasteiger partial charge in [0.15, 0.2) is 11.4 Å². The molecule has 6 heteroatoms. The van der Waals surface area contributed by atoms with E-state index in [1.165, 1.54) is 6.20 Å². The first-order chi connectivity index (χ1) is 11.6. The van der Waals surface area contributed by atoms with E-state index in [0.717, 1.165) is 5.56 Å². The van der Waals surface area contributed by atoms with Gasteiger partial charge in [-0.3, -0.25) is 9.59 Å². The highest BCUT2D eigenvalue weighted by atomic mass is 16.5. The molecule has 0 atom stereocenters. The molecule has 0 aliphatic heterocycles. The van der Waals surface area contributed by atoms with Gasteiger partial charge in [-0.15, -0.1) is 0 Å². The van der Waals surface area contributed by atoms with Crippen LogP contribution in [-0.2, 0) is 16.1 Å². The maximum atomic E-state index is 12.2. The van der Waals surface area contributed by atoms with E-state index >= 15 is 0 Å². The predicted octanol–water partition coefficient (Wildman–Crippen LogP) is 2.34. The van der Waals surface area contributed by atoms with Gasteiger partial charge >= 0.3 is 5.97 Å². The fourth-order valence-corrected chi connectivity index (χ4v) is 1.95. The number of carbonyl (C=O) groups is 2.